The number of nitrogens with zero attached hydrogens (tertiary/aromatic N) is 5. The van der Waals surface area contributed by atoms with E-state index in [1.807, 2.05) is 30.3 Å². The summed E-state index contributed by atoms with van der Waals surface area (Å²) >= 11 is 0. The van der Waals surface area contributed by atoms with Gasteiger partial charge in [-0.15, -0.1) is 10.2 Å². The molecule has 260 valence electrons. The molecule has 8 aromatic carbocycles. The molecule has 5 heteroatoms. The third-order valence-electron chi connectivity index (χ3n) is 10.9. The highest BCUT2D eigenvalue weighted by atomic mass is 15.3. The van der Waals surface area contributed by atoms with Crippen LogP contribution in [0.15, 0.2) is 198 Å². The highest BCUT2D eigenvalue weighted by Crippen LogP contribution is 2.53. The summed E-state index contributed by atoms with van der Waals surface area (Å²) in [7, 11) is 0. The summed E-state index contributed by atoms with van der Waals surface area (Å²) in [6.07, 6.45) is 0. The molecule has 0 fully saturated rings. The molecular formula is C51H31N5. The van der Waals surface area contributed by atoms with Crippen LogP contribution >= 0.6 is 0 Å². The Balaban J connectivity index is 1.28. The zero-order valence-electron chi connectivity index (χ0n) is 30.1. The van der Waals surface area contributed by atoms with E-state index in [0.717, 1.165) is 111 Å². The van der Waals surface area contributed by atoms with Crippen LogP contribution in [0.1, 0.15) is 0 Å². The first kappa shape index (κ1) is 31.9. The molecule has 0 radical (unpaired) electrons. The number of hydrogen-bond donors (Lipinski definition) is 0. The molecule has 3 heterocycles. The molecule has 2 aliphatic heterocycles. The van der Waals surface area contributed by atoms with Gasteiger partial charge in [0.2, 0.25) is 0 Å². The van der Waals surface area contributed by atoms with Gasteiger partial charge in [-0.2, -0.15) is 0 Å². The average Bonchev–Trinajstić information content (AvgIpc) is 3.85. The van der Waals surface area contributed by atoms with Gasteiger partial charge < -0.3 is 0 Å². The molecular weight excluding hydrogens is 683 g/mol. The fourth-order valence-corrected chi connectivity index (χ4v) is 8.43. The van der Waals surface area contributed by atoms with Gasteiger partial charge in [-0.1, -0.05) is 164 Å². The molecule has 5 nitrogen and oxygen atoms in total. The number of benzene rings is 8. The maximum absolute atomic E-state index is 5.27. The van der Waals surface area contributed by atoms with Gasteiger partial charge in [0.05, 0.1) is 22.1 Å². The van der Waals surface area contributed by atoms with Crippen LogP contribution in [-0.4, -0.2) is 15.4 Å². The minimum absolute atomic E-state index is 0.735. The van der Waals surface area contributed by atoms with Gasteiger partial charge in [0.15, 0.2) is 0 Å². The summed E-state index contributed by atoms with van der Waals surface area (Å²) in [6.45, 7) is 0. The Morgan fingerprint density at radius 3 is 1.59 bits per heavy atom. The van der Waals surface area contributed by atoms with E-state index in [0.29, 0.717) is 0 Å². The third-order valence-corrected chi connectivity index (χ3v) is 10.9. The van der Waals surface area contributed by atoms with E-state index in [2.05, 4.69) is 163 Å². The Morgan fingerprint density at radius 2 is 0.857 bits per heavy atom. The number of hydrogen-bond acceptors (Lipinski definition) is 5. The topological polar surface area (TPSA) is 63.4 Å². The van der Waals surface area contributed by atoms with E-state index >= 15 is 0 Å². The molecule has 0 bridgehead atoms. The maximum Gasteiger partial charge on any atom is 0.106 e. The quantitative estimate of drug-likeness (QED) is 0.172. The fraction of sp³-hybridized carbons (Fsp3) is 0. The molecule has 0 aliphatic carbocycles. The number of fused-ring (bicyclic) bond motifs is 6. The molecule has 0 atom stereocenters. The van der Waals surface area contributed by atoms with E-state index in [4.69, 9.17) is 20.2 Å². The lowest BCUT2D eigenvalue weighted by Crippen LogP contribution is -2.04. The molecule has 0 amide bonds. The lowest BCUT2D eigenvalue weighted by molar-refractivity contribution is 0.879. The SMILES string of the molecule is c1ccc(-c2ccccc2-c2ccccc2-c2ccc3c(c2-c2nnnc(-c4ccccc4)c2-c2ccccc2)-c2c4c(ccc2=N3)=c2ccccc2=N4)cc1. The number of rotatable bonds is 6. The molecule has 0 N–H and O–H groups in total. The maximum atomic E-state index is 5.27. The largest absolute Gasteiger partial charge is 0.248 e. The van der Waals surface area contributed by atoms with Gasteiger partial charge in [-0.05, 0) is 68.4 Å². The van der Waals surface area contributed by atoms with Crippen LogP contribution in [0.4, 0.5) is 11.4 Å². The van der Waals surface area contributed by atoms with E-state index < -0.39 is 0 Å². The first-order valence-corrected chi connectivity index (χ1v) is 18.8. The number of aromatic nitrogens is 3. The first-order valence-electron chi connectivity index (χ1n) is 18.8. The van der Waals surface area contributed by atoms with Crippen LogP contribution in [0, 0.1) is 10.4 Å². The van der Waals surface area contributed by atoms with Crippen molar-refractivity contribution < 1.29 is 0 Å². The first-order chi connectivity index (χ1) is 27.8. The van der Waals surface area contributed by atoms with Crippen LogP contribution in [0.3, 0.4) is 0 Å². The Kier molecular flexibility index (Phi) is 7.42. The van der Waals surface area contributed by atoms with Crippen LogP contribution in [0.5, 0.6) is 0 Å². The van der Waals surface area contributed by atoms with Crippen LogP contribution < -0.4 is 10.7 Å². The van der Waals surface area contributed by atoms with Gasteiger partial charge in [-0.3, -0.25) is 0 Å². The molecule has 2 aliphatic rings. The summed E-state index contributed by atoms with van der Waals surface area (Å²) < 4.78 is 0. The van der Waals surface area contributed by atoms with Gasteiger partial charge in [-0.25, -0.2) is 9.98 Å². The average molecular weight is 714 g/mol. The highest BCUT2D eigenvalue weighted by molar-refractivity contribution is 6.08. The second-order valence-corrected chi connectivity index (χ2v) is 14.0. The highest BCUT2D eigenvalue weighted by Gasteiger charge is 2.31. The van der Waals surface area contributed by atoms with E-state index in [1.54, 1.807) is 0 Å². The van der Waals surface area contributed by atoms with Gasteiger partial charge in [0, 0.05) is 38.3 Å². The minimum Gasteiger partial charge on any atom is -0.248 e. The molecule has 0 saturated carbocycles. The summed E-state index contributed by atoms with van der Waals surface area (Å²) in [5, 5.41) is 18.4. The van der Waals surface area contributed by atoms with Crippen molar-refractivity contribution in [3.63, 3.8) is 0 Å². The van der Waals surface area contributed by atoms with E-state index in [-0.39, 0.29) is 0 Å². The normalized spacial score (nSPS) is 11.9. The minimum atomic E-state index is 0.735. The molecule has 56 heavy (non-hydrogen) atoms. The molecule has 0 spiro atoms. The van der Waals surface area contributed by atoms with Crippen LogP contribution in [0.2, 0.25) is 0 Å². The van der Waals surface area contributed by atoms with E-state index in [1.165, 1.54) is 0 Å². The van der Waals surface area contributed by atoms with Gasteiger partial charge >= 0.3 is 0 Å². The lowest BCUT2D eigenvalue weighted by Gasteiger charge is -2.21. The van der Waals surface area contributed by atoms with E-state index in [9.17, 15) is 0 Å². The predicted octanol–water partition coefficient (Wildman–Crippen LogP) is 11.4. The zero-order valence-corrected chi connectivity index (χ0v) is 30.1. The van der Waals surface area contributed by atoms with Crippen molar-refractivity contribution in [2.45, 2.75) is 0 Å². The molecule has 0 saturated heterocycles. The van der Waals surface area contributed by atoms with Gasteiger partial charge in [0.1, 0.15) is 11.4 Å². The second kappa shape index (κ2) is 13.0. The van der Waals surface area contributed by atoms with Crippen molar-refractivity contribution in [1.82, 2.24) is 15.4 Å². The second-order valence-electron chi connectivity index (χ2n) is 14.0. The zero-order chi connectivity index (χ0) is 37.0. The predicted molar refractivity (Wildman–Crippen MR) is 224 cm³/mol. The Labute approximate surface area is 323 Å². The van der Waals surface area contributed by atoms with Crippen molar-refractivity contribution in [2.75, 3.05) is 0 Å². The summed E-state index contributed by atoms with van der Waals surface area (Å²) in [4.78, 5) is 10.5. The van der Waals surface area contributed by atoms with Crippen molar-refractivity contribution in [3.05, 3.63) is 209 Å². The summed E-state index contributed by atoms with van der Waals surface area (Å²) in [5.74, 6) is 0. The van der Waals surface area contributed by atoms with Gasteiger partial charge in [0.25, 0.3) is 0 Å². The smallest absolute Gasteiger partial charge is 0.106 e. The Hall–Kier alpha value is -7.63. The standard InChI is InChI=1S/C51H31N5/c1-4-16-32(17-5-1)35-22-10-11-23-36(35)37-24-12-13-25-38(37)40-28-30-43-47(48-44(52-43)31-29-41-39-26-14-15-27-42(39)53-50(41)48)46(40)51-45(33-18-6-2-7-19-33)49(54-56-55-51)34-20-8-3-9-21-34/h1-31H. The lowest BCUT2D eigenvalue weighted by atomic mass is 9.82. The Morgan fingerprint density at radius 1 is 0.286 bits per heavy atom. The van der Waals surface area contributed by atoms with Crippen molar-refractivity contribution in [2.24, 2.45) is 9.98 Å². The molecule has 11 rings (SSSR count). The fourth-order valence-electron chi connectivity index (χ4n) is 8.43. The summed E-state index contributed by atoms with van der Waals surface area (Å²) in [5.41, 5.74) is 15.8. The Bertz CT molecular complexity index is 3240. The molecule has 1 aromatic heterocycles. The van der Waals surface area contributed by atoms with Crippen molar-refractivity contribution in [3.8, 4) is 78.1 Å². The third kappa shape index (κ3) is 5.06. The monoisotopic (exact) mass is 713 g/mol. The number of para-hydroxylation sites is 1. The van der Waals surface area contributed by atoms with Crippen molar-refractivity contribution in [1.29, 1.82) is 0 Å². The van der Waals surface area contributed by atoms with Crippen LogP contribution in [0.25, 0.3) is 78.1 Å². The van der Waals surface area contributed by atoms with Crippen LogP contribution in [-0.2, 0) is 0 Å². The molecule has 9 aromatic rings. The van der Waals surface area contributed by atoms with Crippen molar-refractivity contribution >= 4 is 11.4 Å². The summed E-state index contributed by atoms with van der Waals surface area (Å²) in [6, 6.07) is 65.6. The molecule has 0 unspecified atom stereocenters.